The minimum absolute atomic E-state index is 0.540. The lowest BCUT2D eigenvalue weighted by Crippen LogP contribution is -2.44. The Kier molecular flexibility index (Phi) is 4.56. The first-order chi connectivity index (χ1) is 14.1. The summed E-state index contributed by atoms with van der Waals surface area (Å²) in [5.41, 5.74) is 2.53. The van der Waals surface area contributed by atoms with Crippen molar-refractivity contribution in [2.24, 2.45) is 0 Å². The standard InChI is InChI=1S/C20H24N8S/c1-26(2)20-25-17(12-29-20)16-6-7-21-19(24-16)23-13-4-5-18(22-9-13)28-11-14-8-15(28)10-27(14)3/h4-7,9,12,14-15H,8,10-11H2,1-3H3,(H,21,23,24). The lowest BCUT2D eigenvalue weighted by atomic mass is 10.2. The second-order valence-electron chi connectivity index (χ2n) is 7.84. The Bertz CT molecular complexity index is 1000. The zero-order chi connectivity index (χ0) is 20.0. The van der Waals surface area contributed by atoms with E-state index in [0.29, 0.717) is 18.0 Å². The van der Waals surface area contributed by atoms with Gasteiger partial charge in [0.05, 0.1) is 17.6 Å². The molecule has 2 aliphatic rings. The molecule has 2 unspecified atom stereocenters. The molecule has 2 bridgehead atoms. The van der Waals surface area contributed by atoms with Crippen molar-refractivity contribution in [2.75, 3.05) is 49.3 Å². The third-order valence-corrected chi connectivity index (χ3v) is 6.61. The number of nitrogens with zero attached hydrogens (tertiary/aromatic N) is 7. The van der Waals surface area contributed by atoms with Gasteiger partial charge in [-0.1, -0.05) is 0 Å². The van der Waals surface area contributed by atoms with E-state index in [1.807, 2.05) is 42.7 Å². The molecule has 0 spiro atoms. The number of nitrogens with one attached hydrogen (secondary N) is 1. The fraction of sp³-hybridized carbons (Fsp3) is 0.400. The number of piperazine rings is 1. The van der Waals surface area contributed by atoms with Gasteiger partial charge < -0.3 is 15.1 Å². The molecule has 2 fully saturated rings. The summed E-state index contributed by atoms with van der Waals surface area (Å²) in [5, 5.41) is 6.22. The monoisotopic (exact) mass is 408 g/mol. The molecule has 3 aromatic heterocycles. The molecule has 3 aromatic rings. The largest absolute Gasteiger partial charge is 0.354 e. The number of aromatic nitrogens is 4. The first-order valence-electron chi connectivity index (χ1n) is 9.73. The van der Waals surface area contributed by atoms with Gasteiger partial charge in [-0.2, -0.15) is 0 Å². The van der Waals surface area contributed by atoms with Crippen LogP contribution in [0.25, 0.3) is 11.4 Å². The Labute approximate surface area is 174 Å². The van der Waals surface area contributed by atoms with Crippen molar-refractivity contribution in [3.05, 3.63) is 36.0 Å². The van der Waals surface area contributed by atoms with Crippen LogP contribution in [-0.2, 0) is 0 Å². The third kappa shape index (κ3) is 3.51. The second kappa shape index (κ2) is 7.23. The molecule has 5 heterocycles. The van der Waals surface area contributed by atoms with Gasteiger partial charge in [0.2, 0.25) is 5.95 Å². The van der Waals surface area contributed by atoms with E-state index in [1.54, 1.807) is 17.5 Å². The van der Waals surface area contributed by atoms with Crippen molar-refractivity contribution >= 4 is 33.9 Å². The molecule has 2 atom stereocenters. The summed E-state index contributed by atoms with van der Waals surface area (Å²) in [6.07, 6.45) is 4.84. The van der Waals surface area contributed by atoms with Crippen molar-refractivity contribution in [3.8, 4) is 11.4 Å². The molecule has 1 N–H and O–H groups in total. The van der Waals surface area contributed by atoms with E-state index in [-0.39, 0.29) is 0 Å². The number of rotatable bonds is 5. The number of fused-ring (bicyclic) bond motifs is 2. The number of likely N-dealkylation sites (tertiary alicyclic amines) is 1. The summed E-state index contributed by atoms with van der Waals surface area (Å²) in [4.78, 5) is 25.1. The third-order valence-electron chi connectivity index (χ3n) is 5.61. The van der Waals surface area contributed by atoms with Crippen LogP contribution in [0.1, 0.15) is 6.42 Å². The molecule has 0 amide bonds. The quantitative estimate of drug-likeness (QED) is 0.691. The minimum Gasteiger partial charge on any atom is -0.354 e. The van der Waals surface area contributed by atoms with Crippen LogP contribution >= 0.6 is 11.3 Å². The summed E-state index contributed by atoms with van der Waals surface area (Å²) in [6, 6.07) is 7.24. The highest BCUT2D eigenvalue weighted by atomic mass is 32.1. The molecule has 8 nitrogen and oxygen atoms in total. The van der Waals surface area contributed by atoms with Crippen LogP contribution in [0.15, 0.2) is 36.0 Å². The fourth-order valence-corrected chi connectivity index (χ4v) is 4.81. The van der Waals surface area contributed by atoms with Gasteiger partial charge in [-0.05, 0) is 31.7 Å². The predicted octanol–water partition coefficient (Wildman–Crippen LogP) is 2.70. The zero-order valence-electron chi connectivity index (χ0n) is 16.8. The van der Waals surface area contributed by atoms with E-state index >= 15 is 0 Å². The molecule has 0 saturated carbocycles. The van der Waals surface area contributed by atoms with Gasteiger partial charge in [-0.25, -0.2) is 19.9 Å². The van der Waals surface area contributed by atoms with E-state index in [2.05, 4.69) is 48.2 Å². The summed E-state index contributed by atoms with van der Waals surface area (Å²) in [5.74, 6) is 1.59. The summed E-state index contributed by atoms with van der Waals surface area (Å²) >= 11 is 1.60. The zero-order valence-corrected chi connectivity index (χ0v) is 17.6. The Morgan fingerprint density at radius 3 is 2.62 bits per heavy atom. The maximum absolute atomic E-state index is 4.68. The van der Waals surface area contributed by atoms with E-state index in [0.717, 1.165) is 41.1 Å². The molecule has 0 aromatic carbocycles. The second-order valence-corrected chi connectivity index (χ2v) is 8.68. The molecule has 29 heavy (non-hydrogen) atoms. The normalized spacial score (nSPS) is 21.0. The molecule has 0 aliphatic carbocycles. The number of pyridine rings is 1. The molecule has 2 aliphatic heterocycles. The SMILES string of the molecule is CN(C)c1nc(-c2ccnc(Nc3ccc(N4CC5CC4CN5C)nc3)n2)cs1. The summed E-state index contributed by atoms with van der Waals surface area (Å²) in [7, 11) is 6.18. The molecular weight excluding hydrogens is 384 g/mol. The average molecular weight is 409 g/mol. The highest BCUT2D eigenvalue weighted by molar-refractivity contribution is 7.14. The maximum Gasteiger partial charge on any atom is 0.227 e. The van der Waals surface area contributed by atoms with Crippen molar-refractivity contribution in [1.82, 2.24) is 24.8 Å². The van der Waals surface area contributed by atoms with Crippen molar-refractivity contribution in [1.29, 1.82) is 0 Å². The Hall–Kier alpha value is -2.78. The molecule has 2 saturated heterocycles. The van der Waals surface area contributed by atoms with Gasteiger partial charge in [0.25, 0.3) is 0 Å². The van der Waals surface area contributed by atoms with E-state index in [9.17, 15) is 0 Å². The van der Waals surface area contributed by atoms with Gasteiger partial charge in [0, 0.05) is 50.8 Å². The topological polar surface area (TPSA) is 73.3 Å². The molecular formula is C20H24N8S. The predicted molar refractivity (Wildman–Crippen MR) is 117 cm³/mol. The summed E-state index contributed by atoms with van der Waals surface area (Å²) < 4.78 is 0. The van der Waals surface area contributed by atoms with Crippen LogP contribution in [-0.4, -0.2) is 71.2 Å². The van der Waals surface area contributed by atoms with Crippen molar-refractivity contribution < 1.29 is 0 Å². The number of thiazole rings is 1. The highest BCUT2D eigenvalue weighted by Crippen LogP contribution is 2.33. The van der Waals surface area contributed by atoms with Crippen LogP contribution in [0.4, 0.5) is 22.6 Å². The van der Waals surface area contributed by atoms with E-state index in [1.165, 1.54) is 6.42 Å². The van der Waals surface area contributed by atoms with Crippen molar-refractivity contribution in [3.63, 3.8) is 0 Å². The molecule has 0 radical (unpaired) electrons. The Morgan fingerprint density at radius 2 is 1.97 bits per heavy atom. The smallest absolute Gasteiger partial charge is 0.227 e. The van der Waals surface area contributed by atoms with Crippen LogP contribution in [0.3, 0.4) is 0 Å². The van der Waals surface area contributed by atoms with Crippen LogP contribution in [0.2, 0.25) is 0 Å². The van der Waals surface area contributed by atoms with E-state index in [4.69, 9.17) is 0 Å². The first kappa shape index (κ1) is 18.3. The highest BCUT2D eigenvalue weighted by Gasteiger charge is 2.41. The minimum atomic E-state index is 0.540. The van der Waals surface area contributed by atoms with Crippen molar-refractivity contribution in [2.45, 2.75) is 18.5 Å². The van der Waals surface area contributed by atoms with Gasteiger partial charge in [-0.3, -0.25) is 4.90 Å². The average Bonchev–Trinajstić information content (AvgIpc) is 3.44. The van der Waals surface area contributed by atoms with Crippen LogP contribution < -0.4 is 15.1 Å². The molecule has 9 heteroatoms. The number of likely N-dealkylation sites (N-methyl/N-ethyl adjacent to an activating group) is 1. The number of anilines is 4. The summed E-state index contributed by atoms with van der Waals surface area (Å²) in [6.45, 7) is 2.19. The van der Waals surface area contributed by atoms with Crippen LogP contribution in [0.5, 0.6) is 0 Å². The lowest BCUT2D eigenvalue weighted by Gasteiger charge is -2.32. The number of hydrogen-bond donors (Lipinski definition) is 1. The van der Waals surface area contributed by atoms with Gasteiger partial charge >= 0.3 is 0 Å². The molecule has 150 valence electrons. The first-order valence-corrected chi connectivity index (χ1v) is 10.6. The Morgan fingerprint density at radius 1 is 1.07 bits per heavy atom. The number of hydrogen-bond acceptors (Lipinski definition) is 9. The van der Waals surface area contributed by atoms with E-state index < -0.39 is 0 Å². The Balaban J connectivity index is 1.29. The van der Waals surface area contributed by atoms with Gasteiger partial charge in [0.1, 0.15) is 11.5 Å². The molecule has 5 rings (SSSR count). The fourth-order valence-electron chi connectivity index (χ4n) is 4.05. The van der Waals surface area contributed by atoms with Gasteiger partial charge in [0.15, 0.2) is 5.13 Å². The lowest BCUT2D eigenvalue weighted by molar-refractivity contribution is 0.292. The maximum atomic E-state index is 4.68. The van der Waals surface area contributed by atoms with Gasteiger partial charge in [-0.15, -0.1) is 11.3 Å². The van der Waals surface area contributed by atoms with Crippen LogP contribution in [0, 0.1) is 0 Å².